The summed E-state index contributed by atoms with van der Waals surface area (Å²) >= 11 is 0. The summed E-state index contributed by atoms with van der Waals surface area (Å²) in [4.78, 5) is 11.9. The molecule has 4 nitrogen and oxygen atoms in total. The summed E-state index contributed by atoms with van der Waals surface area (Å²) in [5.74, 6) is 0.362. The minimum atomic E-state index is -0.370. The summed E-state index contributed by atoms with van der Waals surface area (Å²) in [6.07, 6.45) is 1.56. The highest BCUT2D eigenvalue weighted by Gasteiger charge is 2.17. The summed E-state index contributed by atoms with van der Waals surface area (Å²) in [5, 5.41) is 11.8. The zero-order chi connectivity index (χ0) is 14.5. The quantitative estimate of drug-likeness (QED) is 0.669. The number of benzene rings is 1. The van der Waals surface area contributed by atoms with Crippen LogP contribution in [0.5, 0.6) is 5.75 Å². The van der Waals surface area contributed by atoms with Gasteiger partial charge in [0.2, 0.25) is 0 Å². The first-order valence-corrected chi connectivity index (χ1v) is 5.94. The Kier molecular flexibility index (Phi) is 4.71. The van der Waals surface area contributed by atoms with Crippen LogP contribution in [0.2, 0.25) is 0 Å². The zero-order valence-corrected chi connectivity index (χ0v) is 11.7. The maximum Gasteiger partial charge on any atom is 0.262 e. The van der Waals surface area contributed by atoms with E-state index in [0.717, 1.165) is 11.3 Å². The number of carbonyl (C=O) groups is 1. The van der Waals surface area contributed by atoms with Crippen molar-refractivity contribution in [2.24, 2.45) is 0 Å². The predicted molar refractivity (Wildman–Crippen MR) is 74.5 cm³/mol. The average molecular weight is 258 g/mol. The van der Waals surface area contributed by atoms with E-state index < -0.39 is 0 Å². The van der Waals surface area contributed by atoms with Crippen molar-refractivity contribution < 1.29 is 9.53 Å². The van der Waals surface area contributed by atoms with Gasteiger partial charge in [-0.25, -0.2) is 0 Å². The van der Waals surface area contributed by atoms with E-state index in [0.29, 0.717) is 0 Å². The van der Waals surface area contributed by atoms with Gasteiger partial charge in [-0.3, -0.25) is 4.79 Å². The number of ether oxygens (including phenoxy) is 1. The number of nitrogens with one attached hydrogen (secondary N) is 1. The molecule has 0 heterocycles. The van der Waals surface area contributed by atoms with Crippen molar-refractivity contribution >= 4 is 12.0 Å². The summed E-state index contributed by atoms with van der Waals surface area (Å²) in [5.41, 5.74) is 0.494. The molecule has 0 spiro atoms. The van der Waals surface area contributed by atoms with Gasteiger partial charge in [0, 0.05) is 5.54 Å². The van der Waals surface area contributed by atoms with Crippen LogP contribution in [0.1, 0.15) is 26.3 Å². The molecule has 0 saturated carbocycles. The second-order valence-electron chi connectivity index (χ2n) is 5.15. The molecule has 1 rings (SSSR count). The third kappa shape index (κ3) is 4.84. The Balaban J connectivity index is 2.93. The molecule has 0 bridgehead atoms. The van der Waals surface area contributed by atoms with Crippen molar-refractivity contribution in [3.05, 3.63) is 35.4 Å². The van der Waals surface area contributed by atoms with Crippen LogP contribution < -0.4 is 10.1 Å². The van der Waals surface area contributed by atoms with E-state index in [1.165, 1.54) is 0 Å². The summed E-state index contributed by atoms with van der Waals surface area (Å²) in [6.45, 7) is 5.60. The highest BCUT2D eigenvalue weighted by molar-refractivity contribution is 6.02. The third-order valence-corrected chi connectivity index (χ3v) is 2.28. The van der Waals surface area contributed by atoms with Crippen LogP contribution >= 0.6 is 0 Å². The molecule has 0 fully saturated rings. The fourth-order valence-electron chi connectivity index (χ4n) is 1.42. The normalized spacial score (nSPS) is 11.6. The fourth-order valence-corrected chi connectivity index (χ4v) is 1.42. The molecule has 19 heavy (non-hydrogen) atoms. The van der Waals surface area contributed by atoms with E-state index in [4.69, 9.17) is 10.00 Å². The first kappa shape index (κ1) is 14.8. The van der Waals surface area contributed by atoms with Crippen molar-refractivity contribution in [2.75, 3.05) is 7.11 Å². The van der Waals surface area contributed by atoms with Crippen LogP contribution in [0.25, 0.3) is 6.08 Å². The smallest absolute Gasteiger partial charge is 0.262 e. The lowest BCUT2D eigenvalue weighted by Gasteiger charge is -2.20. The monoisotopic (exact) mass is 258 g/mol. The second-order valence-corrected chi connectivity index (χ2v) is 5.15. The molecule has 0 aliphatic carbocycles. The van der Waals surface area contributed by atoms with Crippen molar-refractivity contribution in [3.8, 4) is 11.8 Å². The van der Waals surface area contributed by atoms with E-state index >= 15 is 0 Å². The van der Waals surface area contributed by atoms with Gasteiger partial charge in [-0.2, -0.15) is 5.26 Å². The number of nitrogens with zero attached hydrogens (tertiary/aromatic N) is 1. The maximum atomic E-state index is 11.9. The van der Waals surface area contributed by atoms with Gasteiger partial charge in [0.15, 0.2) is 0 Å². The molecular formula is C15H18N2O2. The van der Waals surface area contributed by atoms with Gasteiger partial charge in [0.25, 0.3) is 5.91 Å². The average Bonchev–Trinajstić information content (AvgIpc) is 2.34. The first-order chi connectivity index (χ1) is 8.85. The van der Waals surface area contributed by atoms with Gasteiger partial charge >= 0.3 is 0 Å². The van der Waals surface area contributed by atoms with E-state index in [1.807, 2.05) is 26.8 Å². The SMILES string of the molecule is COc1ccc(C=C(C#N)C(=O)NC(C)(C)C)cc1. The molecule has 1 N–H and O–H groups in total. The van der Waals surface area contributed by atoms with Gasteiger partial charge in [-0.1, -0.05) is 12.1 Å². The number of rotatable bonds is 3. The topological polar surface area (TPSA) is 62.1 Å². The highest BCUT2D eigenvalue weighted by atomic mass is 16.5. The van der Waals surface area contributed by atoms with E-state index in [2.05, 4.69) is 5.32 Å². The number of methoxy groups -OCH3 is 1. The van der Waals surface area contributed by atoms with Gasteiger partial charge in [-0.05, 0) is 44.5 Å². The van der Waals surface area contributed by atoms with E-state index in [1.54, 1.807) is 37.5 Å². The molecule has 0 atom stereocenters. The molecule has 1 amide bonds. The Hall–Kier alpha value is -2.28. The second kappa shape index (κ2) is 6.05. The van der Waals surface area contributed by atoms with Crippen molar-refractivity contribution in [2.45, 2.75) is 26.3 Å². The van der Waals surface area contributed by atoms with E-state index in [-0.39, 0.29) is 17.0 Å². The number of carbonyl (C=O) groups excluding carboxylic acids is 1. The van der Waals surface area contributed by atoms with Gasteiger partial charge in [0.05, 0.1) is 7.11 Å². The summed E-state index contributed by atoms with van der Waals surface area (Å²) in [7, 11) is 1.59. The number of hydrogen-bond acceptors (Lipinski definition) is 3. The molecule has 0 aliphatic heterocycles. The van der Waals surface area contributed by atoms with Gasteiger partial charge in [0.1, 0.15) is 17.4 Å². The lowest BCUT2D eigenvalue weighted by molar-refractivity contribution is -0.118. The minimum absolute atomic E-state index is 0.0834. The van der Waals surface area contributed by atoms with Crippen LogP contribution in [0.4, 0.5) is 0 Å². The lowest BCUT2D eigenvalue weighted by Crippen LogP contribution is -2.41. The molecular weight excluding hydrogens is 240 g/mol. The van der Waals surface area contributed by atoms with E-state index in [9.17, 15) is 4.79 Å². The molecule has 0 unspecified atom stereocenters. The highest BCUT2D eigenvalue weighted by Crippen LogP contribution is 2.14. The van der Waals surface area contributed by atoms with Crippen LogP contribution in [0.3, 0.4) is 0 Å². The minimum Gasteiger partial charge on any atom is -0.497 e. The molecule has 0 aromatic heterocycles. The van der Waals surface area contributed by atoms with Gasteiger partial charge in [-0.15, -0.1) is 0 Å². The molecule has 0 radical (unpaired) electrons. The Morgan fingerprint density at radius 2 is 1.89 bits per heavy atom. The maximum absolute atomic E-state index is 11.9. The number of nitriles is 1. The van der Waals surface area contributed by atoms with Crippen LogP contribution in [0.15, 0.2) is 29.8 Å². The van der Waals surface area contributed by atoms with Crippen LogP contribution in [-0.4, -0.2) is 18.6 Å². The molecule has 4 heteroatoms. The fraction of sp³-hybridized carbons (Fsp3) is 0.333. The lowest BCUT2D eigenvalue weighted by atomic mass is 10.1. The third-order valence-electron chi connectivity index (χ3n) is 2.28. The Morgan fingerprint density at radius 1 is 1.32 bits per heavy atom. The Bertz CT molecular complexity index is 517. The Morgan fingerprint density at radius 3 is 2.32 bits per heavy atom. The number of amides is 1. The zero-order valence-electron chi connectivity index (χ0n) is 11.7. The summed E-state index contributed by atoms with van der Waals surface area (Å²) in [6, 6.07) is 9.06. The summed E-state index contributed by atoms with van der Waals surface area (Å²) < 4.78 is 5.05. The molecule has 0 saturated heterocycles. The number of hydrogen-bond donors (Lipinski definition) is 1. The molecule has 1 aromatic carbocycles. The van der Waals surface area contributed by atoms with Crippen molar-refractivity contribution in [1.82, 2.24) is 5.32 Å². The Labute approximate surface area is 113 Å². The van der Waals surface area contributed by atoms with Crippen LogP contribution in [0, 0.1) is 11.3 Å². The standard InChI is InChI=1S/C15H18N2O2/c1-15(2,3)17-14(18)12(10-16)9-11-5-7-13(19-4)8-6-11/h5-9H,1-4H3,(H,17,18). The first-order valence-electron chi connectivity index (χ1n) is 5.94. The molecule has 1 aromatic rings. The van der Waals surface area contributed by atoms with Crippen LogP contribution in [-0.2, 0) is 4.79 Å². The van der Waals surface area contributed by atoms with Crippen molar-refractivity contribution in [1.29, 1.82) is 5.26 Å². The van der Waals surface area contributed by atoms with Crippen molar-refractivity contribution in [3.63, 3.8) is 0 Å². The predicted octanol–water partition coefficient (Wildman–Crippen LogP) is 2.52. The largest absolute Gasteiger partial charge is 0.497 e. The molecule has 0 aliphatic rings. The van der Waals surface area contributed by atoms with Gasteiger partial charge < -0.3 is 10.1 Å². The molecule has 100 valence electrons.